The molecule has 180 valence electrons. The Morgan fingerprint density at radius 2 is 1.74 bits per heavy atom. The Morgan fingerprint density at radius 1 is 1.06 bits per heavy atom. The Labute approximate surface area is 198 Å². The number of phenolic OH excluding ortho intramolecular Hbond substituents is 2. The van der Waals surface area contributed by atoms with Crippen molar-refractivity contribution < 1.29 is 24.9 Å². The Balaban J connectivity index is 1.54. The number of hydrogen-bond acceptors (Lipinski definition) is 8. The van der Waals surface area contributed by atoms with Gasteiger partial charge in [-0.15, -0.1) is 5.10 Å². The number of phenols is 2. The number of carbonyl (C=O) groups is 1. The van der Waals surface area contributed by atoms with Gasteiger partial charge in [-0.2, -0.15) is 0 Å². The van der Waals surface area contributed by atoms with Crippen molar-refractivity contribution >= 4 is 5.97 Å². The predicted molar refractivity (Wildman–Crippen MR) is 126 cm³/mol. The molecule has 0 spiro atoms. The lowest BCUT2D eigenvalue weighted by Crippen LogP contribution is -2.36. The first-order valence-electron chi connectivity index (χ1n) is 11.4. The van der Waals surface area contributed by atoms with Crippen LogP contribution in [0.4, 0.5) is 0 Å². The number of carbonyl (C=O) groups excluding carboxylic acids is 1. The van der Waals surface area contributed by atoms with Gasteiger partial charge in [-0.05, 0) is 48.1 Å². The number of benzene rings is 2. The van der Waals surface area contributed by atoms with Crippen LogP contribution in [-0.4, -0.2) is 60.6 Å². The summed E-state index contributed by atoms with van der Waals surface area (Å²) in [7, 11) is 1.42. The highest BCUT2D eigenvalue weighted by atomic mass is 16.5. The highest BCUT2D eigenvalue weighted by Crippen LogP contribution is 2.38. The topological polar surface area (TPSA) is 121 Å². The second-order valence-electron chi connectivity index (χ2n) is 8.96. The molecule has 3 aromatic rings. The van der Waals surface area contributed by atoms with Gasteiger partial charge < -0.3 is 20.1 Å². The largest absolute Gasteiger partial charge is 0.508 e. The normalized spacial score (nSPS) is 16.3. The number of nitrogens with zero attached hydrogens (tertiary/aromatic N) is 4. The third-order valence-electron chi connectivity index (χ3n) is 6.33. The molecule has 0 bridgehead atoms. The SMILES string of the molecule is COC(=O)[C@@H]1CCCN1Cc1ccc(Cn2c(O)nnc2-c2cc(C(C)C)c(O)cc2O)cc1. The van der Waals surface area contributed by atoms with Crippen molar-refractivity contribution in [1.29, 1.82) is 0 Å². The molecule has 2 aromatic carbocycles. The molecule has 1 aliphatic rings. The van der Waals surface area contributed by atoms with Gasteiger partial charge in [-0.25, -0.2) is 0 Å². The van der Waals surface area contributed by atoms with Gasteiger partial charge in [0.15, 0.2) is 5.82 Å². The quantitative estimate of drug-likeness (QED) is 0.453. The van der Waals surface area contributed by atoms with E-state index < -0.39 is 0 Å². The van der Waals surface area contributed by atoms with Gasteiger partial charge in [0.2, 0.25) is 0 Å². The number of aromatic nitrogens is 3. The molecule has 0 aliphatic carbocycles. The van der Waals surface area contributed by atoms with E-state index >= 15 is 0 Å². The molecular weight excluding hydrogens is 436 g/mol. The maximum Gasteiger partial charge on any atom is 0.323 e. The van der Waals surface area contributed by atoms with Crippen LogP contribution < -0.4 is 0 Å². The van der Waals surface area contributed by atoms with E-state index in [2.05, 4.69) is 15.1 Å². The monoisotopic (exact) mass is 466 g/mol. The smallest absolute Gasteiger partial charge is 0.323 e. The number of likely N-dealkylation sites (tertiary alicyclic amines) is 1. The molecule has 4 rings (SSSR count). The second-order valence-corrected chi connectivity index (χ2v) is 8.96. The van der Waals surface area contributed by atoms with Crippen molar-refractivity contribution in [2.24, 2.45) is 0 Å². The minimum Gasteiger partial charge on any atom is -0.508 e. The Hall–Kier alpha value is -3.59. The number of aromatic hydroxyl groups is 3. The van der Waals surface area contributed by atoms with E-state index in [9.17, 15) is 20.1 Å². The van der Waals surface area contributed by atoms with Gasteiger partial charge >= 0.3 is 12.0 Å². The van der Waals surface area contributed by atoms with Crippen molar-refractivity contribution in [2.45, 2.75) is 51.7 Å². The molecular formula is C25H30N4O5. The number of hydrogen-bond donors (Lipinski definition) is 3. The first-order chi connectivity index (χ1) is 16.3. The molecule has 9 nitrogen and oxygen atoms in total. The summed E-state index contributed by atoms with van der Waals surface area (Å²) in [6, 6.07) is 10.4. The van der Waals surface area contributed by atoms with Crippen molar-refractivity contribution in [3.63, 3.8) is 0 Å². The van der Waals surface area contributed by atoms with Crippen LogP contribution in [0.25, 0.3) is 11.4 Å². The average Bonchev–Trinajstić information content (AvgIpc) is 3.41. The van der Waals surface area contributed by atoms with Crippen LogP contribution in [0.5, 0.6) is 17.5 Å². The fourth-order valence-corrected chi connectivity index (χ4v) is 4.46. The fourth-order valence-electron chi connectivity index (χ4n) is 4.46. The van der Waals surface area contributed by atoms with E-state index in [0.717, 1.165) is 30.5 Å². The van der Waals surface area contributed by atoms with E-state index in [0.29, 0.717) is 30.0 Å². The minimum absolute atomic E-state index is 0.00886. The molecule has 9 heteroatoms. The van der Waals surface area contributed by atoms with Gasteiger partial charge in [0.05, 0.1) is 19.2 Å². The Morgan fingerprint density at radius 3 is 2.38 bits per heavy atom. The van der Waals surface area contributed by atoms with Crippen LogP contribution in [0.3, 0.4) is 0 Å². The lowest BCUT2D eigenvalue weighted by Gasteiger charge is -2.22. The third-order valence-corrected chi connectivity index (χ3v) is 6.33. The highest BCUT2D eigenvalue weighted by molar-refractivity contribution is 5.76. The summed E-state index contributed by atoms with van der Waals surface area (Å²) < 4.78 is 6.44. The van der Waals surface area contributed by atoms with Crippen LogP contribution in [0.15, 0.2) is 36.4 Å². The molecule has 2 heterocycles. The molecule has 0 radical (unpaired) electrons. The zero-order chi connectivity index (χ0) is 24.4. The molecule has 1 atom stereocenters. The van der Waals surface area contributed by atoms with Crippen LogP contribution >= 0.6 is 0 Å². The average molecular weight is 467 g/mol. The summed E-state index contributed by atoms with van der Waals surface area (Å²) in [5, 5.41) is 38.8. The minimum atomic E-state index is -0.268. The molecule has 0 unspecified atom stereocenters. The molecule has 1 aliphatic heterocycles. The van der Waals surface area contributed by atoms with Gasteiger partial charge in [-0.3, -0.25) is 14.3 Å². The zero-order valence-electron chi connectivity index (χ0n) is 19.6. The summed E-state index contributed by atoms with van der Waals surface area (Å²) >= 11 is 0. The summed E-state index contributed by atoms with van der Waals surface area (Å²) in [4.78, 5) is 14.1. The van der Waals surface area contributed by atoms with Crippen LogP contribution in [0, 0.1) is 0 Å². The first-order valence-corrected chi connectivity index (χ1v) is 11.4. The highest BCUT2D eigenvalue weighted by Gasteiger charge is 2.31. The number of esters is 1. The summed E-state index contributed by atoms with van der Waals surface area (Å²) in [6.45, 7) is 5.68. The van der Waals surface area contributed by atoms with E-state index in [4.69, 9.17) is 4.74 Å². The number of rotatable bonds is 7. The van der Waals surface area contributed by atoms with Crippen molar-refractivity contribution in [1.82, 2.24) is 19.7 Å². The van der Waals surface area contributed by atoms with Crippen molar-refractivity contribution in [2.75, 3.05) is 13.7 Å². The third kappa shape index (κ3) is 4.70. The Kier molecular flexibility index (Phi) is 6.74. The van der Waals surface area contributed by atoms with Gasteiger partial charge in [0, 0.05) is 12.6 Å². The standard InChI is InChI=1S/C25H30N4O5/c1-15(2)18-11-19(22(31)12-21(18)30)23-26-27-25(33)29(23)14-17-8-6-16(7-9-17)13-28-10-4-5-20(28)24(32)34-3/h6-9,11-12,15,20,30-31H,4-5,10,13-14H2,1-3H3,(H,27,33)/t20-/m0/s1. The van der Waals surface area contributed by atoms with E-state index in [-0.39, 0.29) is 35.4 Å². The summed E-state index contributed by atoms with van der Waals surface area (Å²) in [5.74, 6) is 0.0132. The van der Waals surface area contributed by atoms with Crippen LogP contribution in [0.1, 0.15) is 49.3 Å². The number of ether oxygens (including phenoxy) is 1. The van der Waals surface area contributed by atoms with Gasteiger partial charge in [-0.1, -0.05) is 43.2 Å². The Bertz CT molecular complexity index is 1170. The molecule has 0 amide bonds. The fraction of sp³-hybridized carbons (Fsp3) is 0.400. The molecule has 34 heavy (non-hydrogen) atoms. The van der Waals surface area contributed by atoms with E-state index in [1.54, 1.807) is 6.07 Å². The van der Waals surface area contributed by atoms with Crippen molar-refractivity contribution in [3.05, 3.63) is 53.1 Å². The van der Waals surface area contributed by atoms with E-state index in [1.807, 2.05) is 38.1 Å². The van der Waals surface area contributed by atoms with Crippen LogP contribution in [-0.2, 0) is 22.6 Å². The predicted octanol–water partition coefficient (Wildman–Crippen LogP) is 3.37. The first kappa shape index (κ1) is 23.6. The number of methoxy groups -OCH3 is 1. The lowest BCUT2D eigenvalue weighted by atomic mass is 9.98. The zero-order valence-corrected chi connectivity index (χ0v) is 19.6. The maximum atomic E-state index is 12.0. The summed E-state index contributed by atoms with van der Waals surface area (Å²) in [5.41, 5.74) is 3.03. The van der Waals surface area contributed by atoms with Gasteiger partial charge in [0.1, 0.15) is 17.5 Å². The summed E-state index contributed by atoms with van der Waals surface area (Å²) in [6.07, 6.45) is 1.78. The molecule has 1 fully saturated rings. The molecule has 3 N–H and O–H groups in total. The second kappa shape index (κ2) is 9.72. The molecule has 1 aromatic heterocycles. The van der Waals surface area contributed by atoms with Crippen LogP contribution in [0.2, 0.25) is 0 Å². The molecule has 0 saturated carbocycles. The van der Waals surface area contributed by atoms with E-state index in [1.165, 1.54) is 17.7 Å². The lowest BCUT2D eigenvalue weighted by molar-refractivity contribution is -0.146. The van der Waals surface area contributed by atoms with Crippen molar-refractivity contribution in [3.8, 4) is 28.9 Å². The maximum absolute atomic E-state index is 12.0. The van der Waals surface area contributed by atoms with Gasteiger partial charge in [0.25, 0.3) is 0 Å². The molecule has 1 saturated heterocycles.